The first-order valence-corrected chi connectivity index (χ1v) is 32.1. The molecule has 0 aliphatic carbocycles. The molecule has 0 saturated heterocycles. The van der Waals surface area contributed by atoms with Gasteiger partial charge in [-0.3, -0.25) is 79.2 Å². The summed E-state index contributed by atoms with van der Waals surface area (Å²) >= 11 is 0. The second kappa shape index (κ2) is 116. The monoisotopic (exact) mass is 1940 g/mol. The van der Waals surface area contributed by atoms with Crippen LogP contribution in [0.1, 0.15) is 70.2 Å². The van der Waals surface area contributed by atoms with Gasteiger partial charge in [0.2, 0.25) is 0 Å². The van der Waals surface area contributed by atoms with Crippen LogP contribution in [0.15, 0.2) is 234 Å². The van der Waals surface area contributed by atoms with Gasteiger partial charge in [0.15, 0.2) is 0 Å². The van der Waals surface area contributed by atoms with Crippen molar-refractivity contribution in [2.75, 3.05) is 80.8 Å². The van der Waals surface area contributed by atoms with Crippen molar-refractivity contribution >= 4 is 49.7 Å². The molecule has 50 heteroatoms. The zero-order valence-corrected chi connectivity index (χ0v) is 71.2. The molecule has 2 radical (unpaired) electrons. The maximum atomic E-state index is 11.4. The van der Waals surface area contributed by atoms with E-state index in [0.29, 0.717) is 96.9 Å². The van der Waals surface area contributed by atoms with E-state index in [9.17, 15) is 40.9 Å². The molecule has 0 aliphatic rings. The number of aliphatic hydroxyl groups excluding tert-OH is 4. The number of aliphatic imine (C=N–C) groups is 8. The Morgan fingerprint density at radius 3 is 0.344 bits per heavy atom. The van der Waals surface area contributed by atoms with Crippen molar-refractivity contribution in [3.63, 3.8) is 0 Å². The average molecular weight is 1940 g/mol. The van der Waals surface area contributed by atoms with E-state index in [1.165, 1.54) is 87.8 Å². The van der Waals surface area contributed by atoms with Crippen LogP contribution in [0, 0.1) is 0 Å². The summed E-state index contributed by atoms with van der Waals surface area (Å²) in [5.41, 5.74) is 113. The van der Waals surface area contributed by atoms with Crippen LogP contribution in [0.3, 0.4) is 0 Å². The van der Waals surface area contributed by atoms with E-state index in [-0.39, 0.29) is 147 Å². The summed E-state index contributed by atoms with van der Waals surface area (Å²) in [6, 6.07) is 54.3. The fraction of sp³-hybridized carbons (Fsp3) is 0.222. The van der Waals surface area contributed by atoms with Crippen LogP contribution in [0.2, 0.25) is 0 Å². The van der Waals surface area contributed by atoms with Gasteiger partial charge in [-0.05, 0) is 70.2 Å². The molecule has 0 aliphatic heterocycles. The summed E-state index contributed by atoms with van der Waals surface area (Å²) in [7, 11) is 4.00. The first-order chi connectivity index (χ1) is 56.4. The zero-order valence-electron chi connectivity index (χ0n) is 64.9. The van der Waals surface area contributed by atoms with Gasteiger partial charge in [0, 0.05) is 131 Å². The Labute approximate surface area is 765 Å². The molecule has 44 nitrogen and oxygen atoms in total. The Hall–Kier alpha value is -13.1. The number of hydrogen-bond donors (Lipinski definition) is 4. The van der Waals surface area contributed by atoms with Crippen LogP contribution >= 0.6 is 0 Å². The van der Waals surface area contributed by atoms with Gasteiger partial charge in [0.1, 0.15) is 0 Å². The summed E-state index contributed by atoms with van der Waals surface area (Å²) in [4.78, 5) is 45.6. The molecule has 0 spiro atoms. The third kappa shape index (κ3) is 90.8. The fourth-order valence-electron chi connectivity index (χ4n) is 7.01. The molecule has 8 aromatic carbocycles. The van der Waals surface area contributed by atoms with Gasteiger partial charge in [-0.25, -0.2) is 0 Å². The largest absolute Gasteiger partial charge is 3.00 e. The molecule has 0 bridgehead atoms. The SMILES string of the molecule is CO.CO.CO.CO.[Co+2].[Co+2].[Co+3].[Co+3].[Co+3].[Co+3].[N-]=[N+]=[N-].[N-]=[N+]=[N-].[N-]=[N+]=[N-].[N-]=[N+]=[N-].[N-]=[N+]=[N-].[N-]=[N+]=[N-].[N-]=[N+]=[N-].[N-]=[N+]=[N-].[O-]c1ccccc1C=NCCCN=Cc1ccccc1[O-].[O-]c1ccccc1C=NCCCN=Cc1ccccc1[O-].[O-]c1ccccc1C=NCCCN=Cc1ccccc1[O-].[O-]c1ccccc1C=NCCCN=Cc1ccccc1[O-]. The van der Waals surface area contributed by atoms with Gasteiger partial charge in [0.25, 0.3) is 0 Å². The predicted octanol–water partition coefficient (Wildman–Crippen LogP) is 12.4. The van der Waals surface area contributed by atoms with Gasteiger partial charge in [-0.15, -0.1) is 46.0 Å². The normalized spacial score (nSPS) is 8.59. The Morgan fingerprint density at radius 2 is 0.270 bits per heavy atom. The van der Waals surface area contributed by atoms with Crippen LogP contribution in [0.5, 0.6) is 46.0 Å². The first-order valence-electron chi connectivity index (χ1n) is 32.1. The van der Waals surface area contributed by atoms with E-state index >= 15 is 0 Å². The van der Waals surface area contributed by atoms with Crippen LogP contribution in [0.25, 0.3) is 128 Å². The molecule has 654 valence electrons. The summed E-state index contributed by atoms with van der Waals surface area (Å²) < 4.78 is 0. The molecule has 8 aromatic rings. The minimum atomic E-state index is -0.0219. The van der Waals surface area contributed by atoms with E-state index in [0.717, 1.165) is 54.1 Å². The predicted molar refractivity (Wildman–Crippen MR) is 438 cm³/mol. The van der Waals surface area contributed by atoms with Gasteiger partial charge in [0.05, 0.1) is 0 Å². The van der Waals surface area contributed by atoms with Gasteiger partial charge >= 0.3 is 101 Å². The molecule has 0 saturated carbocycles. The van der Waals surface area contributed by atoms with Crippen molar-refractivity contribution in [3.05, 3.63) is 366 Å². The summed E-state index contributed by atoms with van der Waals surface area (Å²) in [5, 5.41) is 119. The molecule has 0 heterocycles. The maximum absolute atomic E-state index is 11.4. The van der Waals surface area contributed by atoms with Gasteiger partial charge < -0.3 is 150 Å². The van der Waals surface area contributed by atoms with Crippen LogP contribution in [-0.2, 0) is 101 Å². The second-order valence-corrected chi connectivity index (χ2v) is 18.7. The number of nitrogens with zero attached hydrogens (tertiary/aromatic N) is 32. The topological polar surface area (TPSA) is 834 Å². The fourth-order valence-corrected chi connectivity index (χ4v) is 7.01. The summed E-state index contributed by atoms with van der Waals surface area (Å²) in [6.07, 6.45) is 15.9. The van der Waals surface area contributed by atoms with Crippen molar-refractivity contribution in [1.82, 2.24) is 0 Å². The standard InChI is InChI=1S/4C17H18N2O2.4CH4O.6Co.8N3/c4*20-16-8-3-1-6-14(16)12-18-10-5-11-19-13-15-7-2-4-9-17(15)21;4*1-2;;;;;;;8*1-3-2/h4*1-4,6-9,12-13,20-21H,5,10-11H2;4*2H,1H3;;;;;;;;;;;;;;/q;;;;;;;;2*+2;4*+3;8*-1/p-8. The Bertz CT molecular complexity index is 3560. The molecule has 0 aromatic heterocycles. The van der Waals surface area contributed by atoms with E-state index in [1.54, 1.807) is 147 Å². The average Bonchev–Trinajstić information content (AvgIpc) is 0.917. The Balaban J connectivity index is -0.0000000935. The van der Waals surface area contributed by atoms with E-state index in [1.807, 2.05) is 48.5 Å². The molecular weight excluding hydrogens is 1860 g/mol. The summed E-state index contributed by atoms with van der Waals surface area (Å²) in [6.45, 7) is 4.82. The van der Waals surface area contributed by atoms with E-state index < -0.39 is 0 Å². The third-order valence-corrected chi connectivity index (χ3v) is 11.5. The van der Waals surface area contributed by atoms with E-state index in [2.05, 4.69) is 39.9 Å². The molecule has 0 unspecified atom stereocenters. The van der Waals surface area contributed by atoms with Crippen molar-refractivity contribution in [2.45, 2.75) is 25.7 Å². The minimum Gasteiger partial charge on any atom is -0.872 e. The number of aliphatic hydroxyl groups is 4. The number of benzene rings is 8. The molecular formula is C72H80Co6N32O12. The molecule has 0 amide bonds. The Kier molecular flexibility index (Phi) is 134. The summed E-state index contributed by atoms with van der Waals surface area (Å²) in [5.74, 6) is -0.175. The van der Waals surface area contributed by atoms with Crippen LogP contribution < -0.4 is 40.9 Å². The minimum absolute atomic E-state index is 0. The smallest absolute Gasteiger partial charge is 0.872 e. The molecule has 122 heavy (non-hydrogen) atoms. The van der Waals surface area contributed by atoms with Crippen LogP contribution in [0.4, 0.5) is 0 Å². The van der Waals surface area contributed by atoms with Gasteiger partial charge in [-0.2, -0.15) is 0 Å². The van der Waals surface area contributed by atoms with E-state index in [4.69, 9.17) is 109 Å². The molecule has 0 fully saturated rings. The Morgan fingerprint density at radius 1 is 0.197 bits per heavy atom. The van der Waals surface area contributed by atoms with Crippen molar-refractivity contribution < 1.29 is 162 Å². The number of hydrogen-bond acceptors (Lipinski definition) is 20. The quantitative estimate of drug-likeness (QED) is 0.0144. The third-order valence-electron chi connectivity index (χ3n) is 11.5. The second-order valence-electron chi connectivity index (χ2n) is 18.7. The van der Waals surface area contributed by atoms with Crippen molar-refractivity contribution in [1.29, 1.82) is 0 Å². The number of para-hydroxylation sites is 8. The molecule has 8 rings (SSSR count). The van der Waals surface area contributed by atoms with Gasteiger partial charge in [-0.1, -0.05) is 194 Å². The molecule has 4 N–H and O–H groups in total. The zero-order chi connectivity index (χ0) is 89.3. The maximum Gasteiger partial charge on any atom is 3.00 e. The van der Waals surface area contributed by atoms with Crippen LogP contribution in [-0.4, -0.2) is 151 Å². The molecule has 0 atom stereocenters. The van der Waals surface area contributed by atoms with Crippen molar-refractivity contribution in [3.8, 4) is 46.0 Å². The van der Waals surface area contributed by atoms with Crippen molar-refractivity contribution in [2.24, 2.45) is 39.9 Å². The number of rotatable bonds is 24. The first kappa shape index (κ1) is 141.